The van der Waals surface area contributed by atoms with E-state index in [0.717, 1.165) is 57.9 Å². The minimum atomic E-state index is -0.0406. The van der Waals surface area contributed by atoms with E-state index in [4.69, 9.17) is 0 Å². The Labute approximate surface area is 186 Å². The van der Waals surface area contributed by atoms with Gasteiger partial charge in [-0.2, -0.15) is 0 Å². The third-order valence-corrected chi connectivity index (χ3v) is 7.04. The molecule has 2 unspecified atom stereocenters. The standard InChI is InChI=1S/C23H34N4O2.ClH/c1-18(19-7-10-24-11-8-19)17-22(28)26-15-13-25(14-16-26)21-9-12-27(23(21)29)20-5-3-2-4-6-20;/h2-6,18-19,21,24H,7-17H2,1H3;1H. The third-order valence-electron chi connectivity index (χ3n) is 7.04. The largest absolute Gasteiger partial charge is 0.340 e. The predicted octanol–water partition coefficient (Wildman–Crippen LogP) is 2.38. The smallest absolute Gasteiger partial charge is 0.244 e. The summed E-state index contributed by atoms with van der Waals surface area (Å²) in [6.45, 7) is 8.26. The number of piperazine rings is 1. The lowest BCUT2D eigenvalue weighted by atomic mass is 9.84. The van der Waals surface area contributed by atoms with Crippen molar-refractivity contribution >= 4 is 29.9 Å². The minimum Gasteiger partial charge on any atom is -0.340 e. The van der Waals surface area contributed by atoms with Crippen molar-refractivity contribution in [3.63, 3.8) is 0 Å². The van der Waals surface area contributed by atoms with Crippen molar-refractivity contribution < 1.29 is 9.59 Å². The van der Waals surface area contributed by atoms with Crippen LogP contribution in [0.25, 0.3) is 0 Å². The number of para-hydroxylation sites is 1. The van der Waals surface area contributed by atoms with Crippen LogP contribution in [0.15, 0.2) is 30.3 Å². The number of piperidine rings is 1. The number of carbonyl (C=O) groups excluding carboxylic acids is 2. The Bertz CT molecular complexity index is 702. The van der Waals surface area contributed by atoms with Crippen LogP contribution in [0.5, 0.6) is 0 Å². The van der Waals surface area contributed by atoms with Crippen LogP contribution in [0.1, 0.15) is 32.6 Å². The summed E-state index contributed by atoms with van der Waals surface area (Å²) >= 11 is 0. The van der Waals surface area contributed by atoms with Gasteiger partial charge in [0.05, 0.1) is 6.04 Å². The molecule has 3 heterocycles. The topological polar surface area (TPSA) is 55.9 Å². The second kappa shape index (κ2) is 10.6. The number of nitrogens with one attached hydrogen (secondary N) is 1. The minimum absolute atomic E-state index is 0. The first-order valence-corrected chi connectivity index (χ1v) is 11.2. The van der Waals surface area contributed by atoms with Gasteiger partial charge in [0.25, 0.3) is 0 Å². The molecular formula is C23H35ClN4O2. The molecule has 2 atom stereocenters. The molecule has 0 bridgehead atoms. The number of hydrogen-bond acceptors (Lipinski definition) is 4. The van der Waals surface area contributed by atoms with Crippen molar-refractivity contribution in [2.24, 2.45) is 11.8 Å². The normalized spacial score (nSPS) is 24.6. The van der Waals surface area contributed by atoms with E-state index in [9.17, 15) is 9.59 Å². The summed E-state index contributed by atoms with van der Waals surface area (Å²) in [6, 6.07) is 9.89. The van der Waals surface area contributed by atoms with Crippen LogP contribution in [0.3, 0.4) is 0 Å². The van der Waals surface area contributed by atoms with Gasteiger partial charge >= 0.3 is 0 Å². The van der Waals surface area contributed by atoms with Gasteiger partial charge in [0.1, 0.15) is 0 Å². The van der Waals surface area contributed by atoms with Crippen LogP contribution >= 0.6 is 12.4 Å². The van der Waals surface area contributed by atoms with E-state index in [1.165, 1.54) is 12.8 Å². The maximum atomic E-state index is 12.9. The highest BCUT2D eigenvalue weighted by atomic mass is 35.5. The molecule has 0 radical (unpaired) electrons. The highest BCUT2D eigenvalue weighted by Crippen LogP contribution is 2.27. The van der Waals surface area contributed by atoms with E-state index in [-0.39, 0.29) is 24.4 Å². The molecule has 0 saturated carbocycles. The van der Waals surface area contributed by atoms with Crippen LogP contribution < -0.4 is 10.2 Å². The Kier molecular flexibility index (Phi) is 8.14. The number of halogens is 1. The molecule has 0 aliphatic carbocycles. The molecule has 1 N–H and O–H groups in total. The molecular weight excluding hydrogens is 400 g/mol. The fourth-order valence-electron chi connectivity index (χ4n) is 5.14. The van der Waals surface area contributed by atoms with Gasteiger partial charge in [0.2, 0.25) is 11.8 Å². The number of rotatable bonds is 5. The summed E-state index contributed by atoms with van der Waals surface area (Å²) in [7, 11) is 0. The second-order valence-electron chi connectivity index (χ2n) is 8.82. The van der Waals surface area contributed by atoms with E-state index in [1.54, 1.807) is 0 Å². The Morgan fingerprint density at radius 3 is 2.37 bits per heavy atom. The van der Waals surface area contributed by atoms with Gasteiger partial charge in [-0.05, 0) is 56.3 Å². The summed E-state index contributed by atoms with van der Waals surface area (Å²) in [4.78, 5) is 31.9. The van der Waals surface area contributed by atoms with Gasteiger partial charge in [-0.15, -0.1) is 12.4 Å². The van der Waals surface area contributed by atoms with Gasteiger partial charge in [-0.1, -0.05) is 25.1 Å². The maximum absolute atomic E-state index is 12.9. The Morgan fingerprint density at radius 2 is 1.70 bits per heavy atom. The molecule has 3 aliphatic rings. The van der Waals surface area contributed by atoms with Crippen molar-refractivity contribution in [2.75, 3.05) is 50.7 Å². The lowest BCUT2D eigenvalue weighted by Crippen LogP contribution is -2.54. The number of benzene rings is 1. The van der Waals surface area contributed by atoms with E-state index in [2.05, 4.69) is 17.1 Å². The highest BCUT2D eigenvalue weighted by molar-refractivity contribution is 5.99. The van der Waals surface area contributed by atoms with Gasteiger partial charge in [0.15, 0.2) is 0 Å². The first-order chi connectivity index (χ1) is 14.1. The van der Waals surface area contributed by atoms with Gasteiger partial charge in [-0.3, -0.25) is 14.5 Å². The van der Waals surface area contributed by atoms with Crippen molar-refractivity contribution in [1.29, 1.82) is 0 Å². The Morgan fingerprint density at radius 1 is 1.03 bits per heavy atom. The Balaban J connectivity index is 0.00000256. The summed E-state index contributed by atoms with van der Waals surface area (Å²) in [5.74, 6) is 1.62. The lowest BCUT2D eigenvalue weighted by molar-refractivity contribution is -0.135. The fraction of sp³-hybridized carbons (Fsp3) is 0.652. The third kappa shape index (κ3) is 5.16. The predicted molar refractivity (Wildman–Crippen MR) is 122 cm³/mol. The molecule has 3 saturated heterocycles. The monoisotopic (exact) mass is 434 g/mol. The first-order valence-electron chi connectivity index (χ1n) is 11.2. The number of hydrogen-bond donors (Lipinski definition) is 1. The zero-order chi connectivity index (χ0) is 20.2. The van der Waals surface area contributed by atoms with Gasteiger partial charge in [0, 0.05) is 44.8 Å². The van der Waals surface area contributed by atoms with Crippen molar-refractivity contribution in [2.45, 2.75) is 38.6 Å². The second-order valence-corrected chi connectivity index (χ2v) is 8.82. The highest BCUT2D eigenvalue weighted by Gasteiger charge is 2.38. The quantitative estimate of drug-likeness (QED) is 0.773. The van der Waals surface area contributed by atoms with E-state index >= 15 is 0 Å². The van der Waals surface area contributed by atoms with Crippen LogP contribution in [0.2, 0.25) is 0 Å². The Hall–Kier alpha value is -1.63. The van der Waals surface area contributed by atoms with Crippen LogP contribution in [-0.2, 0) is 9.59 Å². The number of carbonyl (C=O) groups is 2. The molecule has 3 aliphatic heterocycles. The molecule has 7 heteroatoms. The lowest BCUT2D eigenvalue weighted by Gasteiger charge is -2.38. The molecule has 3 fully saturated rings. The van der Waals surface area contributed by atoms with Crippen LogP contribution in [-0.4, -0.2) is 73.5 Å². The zero-order valence-electron chi connectivity index (χ0n) is 18.0. The van der Waals surface area contributed by atoms with E-state index in [1.807, 2.05) is 40.1 Å². The SMILES string of the molecule is CC(CC(=O)N1CCN(C2CCN(c3ccccc3)C2=O)CC1)C1CCNCC1.Cl. The molecule has 1 aromatic carbocycles. The molecule has 0 aromatic heterocycles. The van der Waals surface area contributed by atoms with E-state index < -0.39 is 0 Å². The van der Waals surface area contributed by atoms with Crippen LogP contribution in [0.4, 0.5) is 5.69 Å². The van der Waals surface area contributed by atoms with Crippen molar-refractivity contribution in [3.05, 3.63) is 30.3 Å². The molecule has 1 aromatic rings. The molecule has 4 rings (SSSR count). The molecule has 166 valence electrons. The van der Waals surface area contributed by atoms with Gasteiger partial charge < -0.3 is 15.1 Å². The molecule has 30 heavy (non-hydrogen) atoms. The molecule has 0 spiro atoms. The van der Waals surface area contributed by atoms with Gasteiger partial charge in [-0.25, -0.2) is 0 Å². The molecule has 6 nitrogen and oxygen atoms in total. The summed E-state index contributed by atoms with van der Waals surface area (Å²) in [6.07, 6.45) is 3.90. The van der Waals surface area contributed by atoms with E-state index in [0.29, 0.717) is 24.2 Å². The average molecular weight is 435 g/mol. The number of amides is 2. The summed E-state index contributed by atoms with van der Waals surface area (Å²) < 4.78 is 0. The average Bonchev–Trinajstić information content (AvgIpc) is 3.16. The summed E-state index contributed by atoms with van der Waals surface area (Å²) in [5.41, 5.74) is 0.987. The number of anilines is 1. The van der Waals surface area contributed by atoms with Crippen molar-refractivity contribution in [3.8, 4) is 0 Å². The zero-order valence-corrected chi connectivity index (χ0v) is 18.8. The molecule has 2 amide bonds. The number of nitrogens with zero attached hydrogens (tertiary/aromatic N) is 3. The van der Waals surface area contributed by atoms with Crippen molar-refractivity contribution in [1.82, 2.24) is 15.1 Å². The summed E-state index contributed by atoms with van der Waals surface area (Å²) in [5, 5.41) is 3.40. The van der Waals surface area contributed by atoms with Crippen LogP contribution in [0, 0.1) is 11.8 Å². The first kappa shape index (κ1) is 23.0. The fourth-order valence-corrected chi connectivity index (χ4v) is 5.14. The maximum Gasteiger partial charge on any atom is 0.244 e.